The molecule has 7 heteroatoms. The minimum Gasteiger partial charge on any atom is -0.497 e. The van der Waals surface area contributed by atoms with Crippen molar-refractivity contribution < 1.29 is 19.1 Å². The van der Waals surface area contributed by atoms with Crippen LogP contribution in [0.2, 0.25) is 5.02 Å². The Labute approximate surface area is 242 Å². The number of methoxy groups -OCH3 is 1. The maximum Gasteiger partial charge on any atom is 0.238 e. The van der Waals surface area contributed by atoms with Crippen LogP contribution in [0.25, 0.3) is 6.08 Å². The Balaban J connectivity index is 1.53. The molecule has 3 aliphatic heterocycles. The zero-order valence-electron chi connectivity index (χ0n) is 22.1. The highest BCUT2D eigenvalue weighted by Gasteiger charge is 2.70. The van der Waals surface area contributed by atoms with E-state index in [9.17, 15) is 14.4 Å². The second kappa shape index (κ2) is 9.46. The number of hydrogen-bond donors (Lipinski definition) is 1. The minimum atomic E-state index is -1.36. The largest absolute Gasteiger partial charge is 0.497 e. The molecule has 0 bridgehead atoms. The number of carbonyl (C=O) groups is 3. The molecule has 202 valence electrons. The standard InChI is InChI=1S/C34H25ClN2O4/c1-41-24-9-6-8-22(19-24)32(39)30-29(31(38)21-13-16-23(35)17-14-21)34(25-10-3-4-11-26(25)36-33(34)40)28-18-15-20-7-2-5-12-27(20)37(28)30/h2-19,28-30H,1H3,(H,36,40). The number of Topliss-reactive ketones (excluding diaryl/α,β-unsaturated/α-hetero) is 2. The van der Waals surface area contributed by atoms with Gasteiger partial charge in [0.1, 0.15) is 17.2 Å². The summed E-state index contributed by atoms with van der Waals surface area (Å²) in [6.45, 7) is 0. The molecule has 4 aromatic rings. The number of ether oxygens (including phenoxy) is 1. The molecule has 6 nitrogen and oxygen atoms in total. The average Bonchev–Trinajstić information content (AvgIpc) is 3.49. The van der Waals surface area contributed by atoms with Gasteiger partial charge >= 0.3 is 0 Å². The lowest BCUT2D eigenvalue weighted by Crippen LogP contribution is -2.51. The molecule has 0 saturated carbocycles. The number of amides is 1. The van der Waals surface area contributed by atoms with Gasteiger partial charge in [-0.2, -0.15) is 0 Å². The highest BCUT2D eigenvalue weighted by molar-refractivity contribution is 6.30. The summed E-state index contributed by atoms with van der Waals surface area (Å²) in [6.07, 6.45) is 3.94. The maximum absolute atomic E-state index is 14.7. The number of carbonyl (C=O) groups excluding carboxylic acids is 3. The highest BCUT2D eigenvalue weighted by Crippen LogP contribution is 2.58. The Hall–Kier alpha value is -4.68. The molecule has 3 heterocycles. The molecule has 1 amide bonds. The van der Waals surface area contributed by atoms with Crippen LogP contribution < -0.4 is 15.0 Å². The van der Waals surface area contributed by atoms with Crippen molar-refractivity contribution in [2.24, 2.45) is 5.92 Å². The number of halogens is 1. The predicted molar refractivity (Wildman–Crippen MR) is 159 cm³/mol. The molecule has 1 fully saturated rings. The Morgan fingerprint density at radius 3 is 2.44 bits per heavy atom. The molecule has 1 spiro atoms. The van der Waals surface area contributed by atoms with Crippen molar-refractivity contribution in [1.82, 2.24) is 0 Å². The van der Waals surface area contributed by atoms with Gasteiger partial charge in [-0.15, -0.1) is 0 Å². The van der Waals surface area contributed by atoms with E-state index in [1.165, 1.54) is 0 Å². The first-order valence-electron chi connectivity index (χ1n) is 13.4. The first-order chi connectivity index (χ1) is 19.9. The lowest BCUT2D eigenvalue weighted by Gasteiger charge is -2.37. The lowest BCUT2D eigenvalue weighted by atomic mass is 9.64. The van der Waals surface area contributed by atoms with Crippen molar-refractivity contribution in [3.63, 3.8) is 0 Å². The van der Waals surface area contributed by atoms with E-state index in [1.807, 2.05) is 65.6 Å². The first kappa shape index (κ1) is 25.3. The van der Waals surface area contributed by atoms with Crippen molar-refractivity contribution in [3.8, 4) is 5.75 Å². The van der Waals surface area contributed by atoms with Crippen molar-refractivity contribution >= 4 is 46.5 Å². The SMILES string of the molecule is COc1cccc(C(=O)C2C(C(=O)c3ccc(Cl)cc3)C3(C(=O)Nc4ccccc43)C3C=Cc4ccccc4N23)c1. The van der Waals surface area contributed by atoms with Gasteiger partial charge in [0.15, 0.2) is 11.6 Å². The van der Waals surface area contributed by atoms with Crippen LogP contribution in [0.1, 0.15) is 31.8 Å². The molecule has 0 aliphatic carbocycles. The molecular weight excluding hydrogens is 536 g/mol. The van der Waals surface area contributed by atoms with Gasteiger partial charge in [-0.1, -0.05) is 72.3 Å². The van der Waals surface area contributed by atoms with Crippen LogP contribution in [0, 0.1) is 5.92 Å². The van der Waals surface area contributed by atoms with Crippen LogP contribution in [0.15, 0.2) is 103 Å². The van der Waals surface area contributed by atoms with E-state index in [4.69, 9.17) is 16.3 Å². The van der Waals surface area contributed by atoms with Crippen LogP contribution in [0.5, 0.6) is 5.75 Å². The van der Waals surface area contributed by atoms with Gasteiger partial charge in [0.05, 0.1) is 19.1 Å². The second-order valence-electron chi connectivity index (χ2n) is 10.5. The van der Waals surface area contributed by atoms with Gasteiger partial charge in [0.25, 0.3) is 0 Å². The summed E-state index contributed by atoms with van der Waals surface area (Å²) < 4.78 is 5.42. The van der Waals surface area contributed by atoms with Crippen molar-refractivity contribution in [1.29, 1.82) is 0 Å². The van der Waals surface area contributed by atoms with E-state index in [-0.39, 0.29) is 17.5 Å². The molecule has 0 aromatic heterocycles. The third-order valence-electron chi connectivity index (χ3n) is 8.58. The third-order valence-corrected chi connectivity index (χ3v) is 8.83. The van der Waals surface area contributed by atoms with E-state index in [2.05, 4.69) is 5.32 Å². The Morgan fingerprint density at radius 2 is 1.63 bits per heavy atom. The zero-order valence-corrected chi connectivity index (χ0v) is 22.8. The molecule has 1 saturated heterocycles. The number of fused-ring (bicyclic) bond motifs is 6. The summed E-state index contributed by atoms with van der Waals surface area (Å²) in [5, 5.41) is 3.54. The number of hydrogen-bond acceptors (Lipinski definition) is 5. The quantitative estimate of drug-likeness (QED) is 0.294. The van der Waals surface area contributed by atoms with E-state index in [0.29, 0.717) is 33.1 Å². The van der Waals surface area contributed by atoms with Crippen LogP contribution >= 0.6 is 11.6 Å². The molecule has 4 atom stereocenters. The number of nitrogens with zero attached hydrogens (tertiary/aromatic N) is 1. The van der Waals surface area contributed by atoms with E-state index in [0.717, 1.165) is 11.3 Å². The summed E-state index contributed by atoms with van der Waals surface area (Å²) in [7, 11) is 1.54. The smallest absolute Gasteiger partial charge is 0.238 e. The van der Waals surface area contributed by atoms with Crippen molar-refractivity contribution in [2.45, 2.75) is 17.5 Å². The third kappa shape index (κ3) is 3.60. The molecule has 3 aliphatic rings. The van der Waals surface area contributed by atoms with Gasteiger partial charge < -0.3 is 15.0 Å². The Kier molecular flexibility index (Phi) is 5.84. The van der Waals surface area contributed by atoms with Crippen LogP contribution in [0.4, 0.5) is 11.4 Å². The zero-order chi connectivity index (χ0) is 28.3. The molecular formula is C34H25ClN2O4. The van der Waals surface area contributed by atoms with E-state index >= 15 is 0 Å². The summed E-state index contributed by atoms with van der Waals surface area (Å²) >= 11 is 6.17. The monoisotopic (exact) mass is 560 g/mol. The minimum absolute atomic E-state index is 0.264. The van der Waals surface area contributed by atoms with Gasteiger partial charge in [-0.25, -0.2) is 0 Å². The summed E-state index contributed by atoms with van der Waals surface area (Å²) in [4.78, 5) is 45.8. The number of rotatable bonds is 5. The summed E-state index contributed by atoms with van der Waals surface area (Å²) in [5.41, 5.74) is 2.48. The highest BCUT2D eigenvalue weighted by atomic mass is 35.5. The van der Waals surface area contributed by atoms with Gasteiger partial charge in [-0.3, -0.25) is 14.4 Å². The van der Waals surface area contributed by atoms with Gasteiger partial charge in [0.2, 0.25) is 5.91 Å². The van der Waals surface area contributed by atoms with Gasteiger partial charge in [-0.05, 0) is 59.7 Å². The Bertz CT molecular complexity index is 1760. The number of nitrogens with one attached hydrogen (secondary N) is 1. The molecule has 7 rings (SSSR count). The predicted octanol–water partition coefficient (Wildman–Crippen LogP) is 6.20. The molecule has 4 aromatic carbocycles. The molecule has 1 N–H and O–H groups in total. The van der Waals surface area contributed by atoms with Crippen LogP contribution in [-0.2, 0) is 10.2 Å². The van der Waals surface area contributed by atoms with Crippen molar-refractivity contribution in [3.05, 3.63) is 130 Å². The Morgan fingerprint density at radius 1 is 0.878 bits per heavy atom. The lowest BCUT2D eigenvalue weighted by molar-refractivity contribution is -0.121. The van der Waals surface area contributed by atoms with Crippen LogP contribution in [-0.4, -0.2) is 36.7 Å². The fourth-order valence-electron chi connectivity index (χ4n) is 6.86. The fraction of sp³-hybridized carbons (Fsp3) is 0.147. The molecule has 0 radical (unpaired) electrons. The molecule has 41 heavy (non-hydrogen) atoms. The number of benzene rings is 4. The fourth-order valence-corrected chi connectivity index (χ4v) is 6.99. The van der Waals surface area contributed by atoms with E-state index < -0.39 is 23.4 Å². The number of ketones is 2. The van der Waals surface area contributed by atoms with Crippen LogP contribution in [0.3, 0.4) is 0 Å². The summed E-state index contributed by atoms with van der Waals surface area (Å²) in [6, 6.07) is 27.2. The van der Waals surface area contributed by atoms with Gasteiger partial charge in [0, 0.05) is 27.5 Å². The van der Waals surface area contributed by atoms with Crippen molar-refractivity contribution in [2.75, 3.05) is 17.3 Å². The first-order valence-corrected chi connectivity index (χ1v) is 13.8. The topological polar surface area (TPSA) is 75.7 Å². The van der Waals surface area contributed by atoms with E-state index in [1.54, 1.807) is 55.6 Å². The second-order valence-corrected chi connectivity index (χ2v) is 11.0. The average molecular weight is 561 g/mol. The molecule has 4 unspecified atom stereocenters. The number of anilines is 2. The normalized spacial score (nSPS) is 23.5. The summed E-state index contributed by atoms with van der Waals surface area (Å²) in [5.74, 6) is -1.38. The maximum atomic E-state index is 14.7. The number of para-hydroxylation sites is 2.